The third-order valence-corrected chi connectivity index (χ3v) is 4.95. The zero-order valence-corrected chi connectivity index (χ0v) is 19.3. The largest absolute Gasteiger partial charge is 0.490 e. The first-order valence-corrected chi connectivity index (χ1v) is 11.4. The fourth-order valence-corrected chi connectivity index (χ4v) is 3.28. The molecule has 4 rings (SSSR count). The second-order valence-corrected chi connectivity index (χ2v) is 7.50. The van der Waals surface area contributed by atoms with Crippen molar-refractivity contribution < 1.29 is 23.7 Å². The Labute approximate surface area is 205 Å². The van der Waals surface area contributed by atoms with Crippen LogP contribution in [0.4, 0.5) is 5.69 Å². The minimum absolute atomic E-state index is 0.257. The first-order chi connectivity index (χ1) is 17.3. The summed E-state index contributed by atoms with van der Waals surface area (Å²) < 4.78 is 22.9. The highest BCUT2D eigenvalue weighted by atomic mass is 16.5. The number of carbonyl (C=O) groups is 1. The predicted octanol–water partition coefficient (Wildman–Crippen LogP) is 5.85. The number of ether oxygens (including phenoxy) is 4. The molecule has 4 aromatic rings. The van der Waals surface area contributed by atoms with Crippen LogP contribution in [-0.4, -0.2) is 32.3 Å². The zero-order valence-electron chi connectivity index (χ0n) is 19.3. The lowest BCUT2D eigenvalue weighted by molar-refractivity contribution is 0.102. The molecule has 0 saturated heterocycles. The SMILES string of the molecule is O=C(Nc1ccccc1OCCOc1ccccc1)c1cccc(OCCOc2ccccc2)c1. The lowest BCUT2D eigenvalue weighted by atomic mass is 10.2. The molecule has 6 heteroatoms. The molecular formula is C29H27NO5. The Morgan fingerprint density at radius 2 is 1.06 bits per heavy atom. The number of rotatable bonds is 12. The lowest BCUT2D eigenvalue weighted by Crippen LogP contribution is -2.15. The molecule has 0 atom stereocenters. The van der Waals surface area contributed by atoms with Gasteiger partial charge in [0.05, 0.1) is 5.69 Å². The van der Waals surface area contributed by atoms with Crippen LogP contribution in [0.5, 0.6) is 23.0 Å². The molecule has 178 valence electrons. The van der Waals surface area contributed by atoms with Gasteiger partial charge in [-0.1, -0.05) is 54.6 Å². The molecule has 0 bridgehead atoms. The van der Waals surface area contributed by atoms with E-state index in [9.17, 15) is 4.79 Å². The molecule has 0 heterocycles. The molecule has 0 unspecified atom stereocenters. The number of hydrogen-bond acceptors (Lipinski definition) is 5. The van der Waals surface area contributed by atoms with Crippen LogP contribution in [-0.2, 0) is 0 Å². The van der Waals surface area contributed by atoms with Gasteiger partial charge in [0.15, 0.2) is 0 Å². The van der Waals surface area contributed by atoms with Gasteiger partial charge in [-0.3, -0.25) is 4.79 Å². The maximum atomic E-state index is 12.9. The molecule has 0 aliphatic heterocycles. The van der Waals surface area contributed by atoms with Gasteiger partial charge in [0.1, 0.15) is 49.4 Å². The normalized spacial score (nSPS) is 10.3. The number of anilines is 1. The average Bonchev–Trinajstić information content (AvgIpc) is 2.91. The van der Waals surface area contributed by atoms with E-state index < -0.39 is 0 Å². The Kier molecular flexibility index (Phi) is 8.60. The van der Waals surface area contributed by atoms with Gasteiger partial charge >= 0.3 is 0 Å². The molecule has 0 fully saturated rings. The number of carbonyl (C=O) groups excluding carboxylic acids is 1. The van der Waals surface area contributed by atoms with Crippen molar-refractivity contribution in [3.8, 4) is 23.0 Å². The molecule has 0 radical (unpaired) electrons. The minimum Gasteiger partial charge on any atom is -0.490 e. The van der Waals surface area contributed by atoms with Crippen molar-refractivity contribution in [2.45, 2.75) is 0 Å². The molecule has 1 amide bonds. The van der Waals surface area contributed by atoms with E-state index in [1.54, 1.807) is 24.3 Å². The molecule has 0 spiro atoms. The smallest absolute Gasteiger partial charge is 0.255 e. The van der Waals surface area contributed by atoms with Crippen molar-refractivity contribution in [1.29, 1.82) is 0 Å². The van der Waals surface area contributed by atoms with Crippen LogP contribution < -0.4 is 24.3 Å². The summed E-state index contributed by atoms with van der Waals surface area (Å²) in [5.74, 6) is 2.48. The molecular weight excluding hydrogens is 442 g/mol. The van der Waals surface area contributed by atoms with Crippen molar-refractivity contribution in [2.24, 2.45) is 0 Å². The van der Waals surface area contributed by atoms with Crippen molar-refractivity contribution in [3.05, 3.63) is 115 Å². The summed E-state index contributed by atoms with van der Waals surface area (Å²) in [4.78, 5) is 12.9. The summed E-state index contributed by atoms with van der Waals surface area (Å²) >= 11 is 0. The standard InChI is InChI=1S/C29H27NO5/c31-29(23-10-9-15-26(22-23)34-19-18-32-24-11-3-1-4-12-24)30-27-16-7-8-17-28(27)35-21-20-33-25-13-5-2-6-14-25/h1-17,22H,18-21H2,(H,30,31). The number of amides is 1. The second-order valence-electron chi connectivity index (χ2n) is 7.50. The van der Waals surface area contributed by atoms with Crippen molar-refractivity contribution in [2.75, 3.05) is 31.7 Å². The Morgan fingerprint density at radius 3 is 1.71 bits per heavy atom. The first-order valence-electron chi connectivity index (χ1n) is 11.4. The number of nitrogens with one attached hydrogen (secondary N) is 1. The quantitative estimate of drug-likeness (QED) is 0.264. The highest BCUT2D eigenvalue weighted by molar-refractivity contribution is 6.05. The predicted molar refractivity (Wildman–Crippen MR) is 136 cm³/mol. The molecule has 0 saturated carbocycles. The van der Waals surface area contributed by atoms with E-state index in [4.69, 9.17) is 18.9 Å². The van der Waals surface area contributed by atoms with Gasteiger partial charge < -0.3 is 24.3 Å². The van der Waals surface area contributed by atoms with E-state index in [1.165, 1.54) is 0 Å². The molecule has 4 aromatic carbocycles. The van der Waals surface area contributed by atoms with Gasteiger partial charge in [0.2, 0.25) is 0 Å². The molecule has 0 aromatic heterocycles. The van der Waals surface area contributed by atoms with Gasteiger partial charge in [-0.15, -0.1) is 0 Å². The van der Waals surface area contributed by atoms with E-state index in [1.807, 2.05) is 84.9 Å². The molecule has 0 aliphatic rings. The van der Waals surface area contributed by atoms with Gasteiger partial charge in [0.25, 0.3) is 5.91 Å². The maximum Gasteiger partial charge on any atom is 0.255 e. The fraction of sp³-hybridized carbons (Fsp3) is 0.138. The highest BCUT2D eigenvalue weighted by Gasteiger charge is 2.11. The van der Waals surface area contributed by atoms with Gasteiger partial charge in [0, 0.05) is 5.56 Å². The van der Waals surface area contributed by atoms with Crippen molar-refractivity contribution >= 4 is 11.6 Å². The third-order valence-electron chi connectivity index (χ3n) is 4.95. The summed E-state index contributed by atoms with van der Waals surface area (Å²) in [6.07, 6.45) is 0. The monoisotopic (exact) mass is 469 g/mol. The van der Waals surface area contributed by atoms with Crippen LogP contribution in [0.25, 0.3) is 0 Å². The van der Waals surface area contributed by atoms with E-state index in [0.717, 1.165) is 11.5 Å². The van der Waals surface area contributed by atoms with E-state index in [0.29, 0.717) is 49.2 Å². The molecule has 0 aliphatic carbocycles. The van der Waals surface area contributed by atoms with Crippen LogP contribution in [0.2, 0.25) is 0 Å². The second kappa shape index (κ2) is 12.7. The average molecular weight is 470 g/mol. The fourth-order valence-electron chi connectivity index (χ4n) is 3.28. The van der Waals surface area contributed by atoms with E-state index >= 15 is 0 Å². The maximum absolute atomic E-state index is 12.9. The Morgan fingerprint density at radius 1 is 0.543 bits per heavy atom. The van der Waals surface area contributed by atoms with Crippen LogP contribution in [0, 0.1) is 0 Å². The van der Waals surface area contributed by atoms with Crippen LogP contribution in [0.3, 0.4) is 0 Å². The van der Waals surface area contributed by atoms with Gasteiger partial charge in [-0.2, -0.15) is 0 Å². The zero-order chi connectivity index (χ0) is 24.1. The van der Waals surface area contributed by atoms with E-state index in [-0.39, 0.29) is 5.91 Å². The number of benzene rings is 4. The van der Waals surface area contributed by atoms with Crippen LogP contribution in [0.1, 0.15) is 10.4 Å². The third kappa shape index (κ3) is 7.54. The number of hydrogen-bond donors (Lipinski definition) is 1. The molecule has 35 heavy (non-hydrogen) atoms. The highest BCUT2D eigenvalue weighted by Crippen LogP contribution is 2.25. The van der Waals surface area contributed by atoms with Crippen molar-refractivity contribution in [3.63, 3.8) is 0 Å². The van der Waals surface area contributed by atoms with E-state index in [2.05, 4.69) is 5.32 Å². The summed E-state index contributed by atoms with van der Waals surface area (Å²) in [5.41, 5.74) is 1.06. The number of para-hydroxylation sites is 4. The van der Waals surface area contributed by atoms with Crippen LogP contribution in [0.15, 0.2) is 109 Å². The topological polar surface area (TPSA) is 66.0 Å². The van der Waals surface area contributed by atoms with Gasteiger partial charge in [-0.25, -0.2) is 0 Å². The Balaban J connectivity index is 1.27. The van der Waals surface area contributed by atoms with Crippen molar-refractivity contribution in [1.82, 2.24) is 0 Å². The minimum atomic E-state index is -0.257. The summed E-state index contributed by atoms with van der Waals surface area (Å²) in [6, 6.07) is 33.4. The van der Waals surface area contributed by atoms with Crippen LogP contribution >= 0.6 is 0 Å². The lowest BCUT2D eigenvalue weighted by Gasteiger charge is -2.13. The van der Waals surface area contributed by atoms with Gasteiger partial charge in [-0.05, 0) is 54.6 Å². The summed E-state index contributed by atoms with van der Waals surface area (Å²) in [5, 5.41) is 2.92. The molecule has 1 N–H and O–H groups in total. The summed E-state index contributed by atoms with van der Waals surface area (Å²) in [7, 11) is 0. The Hall–Kier alpha value is -4.45. The summed E-state index contributed by atoms with van der Waals surface area (Å²) in [6.45, 7) is 1.50. The first kappa shape index (κ1) is 23.7. The Bertz CT molecular complexity index is 1200. The molecule has 6 nitrogen and oxygen atoms in total.